The first-order chi connectivity index (χ1) is 16.9. The normalized spacial score (nSPS) is 15.5. The lowest BCUT2D eigenvalue weighted by Crippen LogP contribution is -2.30. The molecule has 35 heavy (non-hydrogen) atoms. The molecule has 4 rings (SSSR count). The molecule has 2 aliphatic rings. The van der Waals surface area contributed by atoms with Crippen molar-refractivity contribution in [1.29, 1.82) is 0 Å². The van der Waals surface area contributed by atoms with E-state index in [0.29, 0.717) is 4.90 Å². The van der Waals surface area contributed by atoms with Gasteiger partial charge in [-0.25, -0.2) is 13.3 Å². The average molecular weight is 519 g/mol. The SMILES string of the molecule is C1=C(c2ccc(C3=NCCCN3)cc2)NCCC1.COOSc1ccc(S(=O)(=O)CC(=O)[O-])cc1. The standard InChI is InChI=1S/C15H19N3.C9H10O6S2/c1-2-9-16-14(4-1)12-5-7-13(8-6-12)15-17-10-3-11-18-15;1-14-15-16-7-2-4-8(5-3-7)17(12,13)6-9(10)11/h4-8,16H,1-3,9-11H2,(H,17,18);2-5H,6H2,1H3,(H,10,11)/p-1. The Morgan fingerprint density at radius 1 is 1.03 bits per heavy atom. The van der Waals surface area contributed by atoms with Crippen molar-refractivity contribution in [1.82, 2.24) is 10.6 Å². The summed E-state index contributed by atoms with van der Waals surface area (Å²) in [7, 11) is -2.50. The lowest BCUT2D eigenvalue weighted by atomic mass is 10.0. The third-order valence-electron chi connectivity index (χ3n) is 5.10. The third-order valence-corrected chi connectivity index (χ3v) is 7.38. The first kappa shape index (κ1) is 26.7. The van der Waals surface area contributed by atoms with Gasteiger partial charge in [0.25, 0.3) is 0 Å². The maximum absolute atomic E-state index is 11.5. The van der Waals surface area contributed by atoms with Crippen LogP contribution in [0.2, 0.25) is 0 Å². The summed E-state index contributed by atoms with van der Waals surface area (Å²) in [6, 6.07) is 14.2. The maximum atomic E-state index is 11.5. The highest BCUT2D eigenvalue weighted by molar-refractivity contribution is 7.94. The summed E-state index contributed by atoms with van der Waals surface area (Å²) in [6.07, 6.45) is 5.84. The zero-order valence-electron chi connectivity index (χ0n) is 19.4. The number of hydrogen-bond donors (Lipinski definition) is 2. The first-order valence-corrected chi connectivity index (χ1v) is 13.5. The number of allylic oxidation sites excluding steroid dienone is 1. The number of nitrogens with one attached hydrogen (secondary N) is 2. The number of carboxylic acid groups (broad SMARTS) is 1. The second kappa shape index (κ2) is 13.3. The minimum Gasteiger partial charge on any atom is -0.549 e. The molecule has 188 valence electrons. The summed E-state index contributed by atoms with van der Waals surface area (Å²) in [5.74, 6) is -1.63. The topological polar surface area (TPSA) is 129 Å². The summed E-state index contributed by atoms with van der Waals surface area (Å²) in [5, 5.41) is 17.1. The molecule has 0 fully saturated rings. The molecule has 0 aromatic heterocycles. The van der Waals surface area contributed by atoms with E-state index in [1.165, 1.54) is 61.0 Å². The Kier molecular flexibility index (Phi) is 10.2. The van der Waals surface area contributed by atoms with E-state index in [1.54, 1.807) is 0 Å². The smallest absolute Gasteiger partial charge is 0.183 e. The predicted molar refractivity (Wildman–Crippen MR) is 133 cm³/mol. The Morgan fingerprint density at radius 3 is 2.29 bits per heavy atom. The Labute approximate surface area is 209 Å². The van der Waals surface area contributed by atoms with E-state index < -0.39 is 21.6 Å². The summed E-state index contributed by atoms with van der Waals surface area (Å²) >= 11 is 0.908. The number of amidine groups is 1. The quantitative estimate of drug-likeness (QED) is 0.306. The molecule has 2 aromatic carbocycles. The zero-order chi connectivity index (χ0) is 25.1. The van der Waals surface area contributed by atoms with E-state index >= 15 is 0 Å². The number of aliphatic carboxylic acids is 1. The number of carbonyl (C=O) groups excluding carboxylic acids is 1. The number of aliphatic imine (C=N–C) groups is 1. The lowest BCUT2D eigenvalue weighted by molar-refractivity contribution is -0.301. The molecule has 0 radical (unpaired) electrons. The second-order valence-electron chi connectivity index (χ2n) is 7.70. The Morgan fingerprint density at radius 2 is 1.71 bits per heavy atom. The molecule has 0 amide bonds. The lowest BCUT2D eigenvalue weighted by Gasteiger charge is -2.17. The molecule has 9 nitrogen and oxygen atoms in total. The van der Waals surface area contributed by atoms with Gasteiger partial charge < -0.3 is 20.5 Å². The molecular formula is C24H28N3O6S2-. The van der Waals surface area contributed by atoms with E-state index in [0.717, 1.165) is 43.9 Å². The van der Waals surface area contributed by atoms with Crippen molar-refractivity contribution in [2.24, 2.45) is 4.99 Å². The molecule has 0 saturated heterocycles. The number of nitrogens with zero attached hydrogens (tertiary/aromatic N) is 1. The second-order valence-corrected chi connectivity index (χ2v) is 10.5. The van der Waals surface area contributed by atoms with Gasteiger partial charge in [-0.05, 0) is 49.1 Å². The fourth-order valence-electron chi connectivity index (χ4n) is 3.41. The predicted octanol–water partition coefficient (Wildman–Crippen LogP) is 1.95. The molecular weight excluding hydrogens is 490 g/mol. The van der Waals surface area contributed by atoms with E-state index in [2.05, 4.69) is 55.2 Å². The average Bonchev–Trinajstić information content (AvgIpc) is 2.88. The van der Waals surface area contributed by atoms with Crippen molar-refractivity contribution in [3.8, 4) is 0 Å². The largest absolute Gasteiger partial charge is 0.549 e. The van der Waals surface area contributed by atoms with Crippen molar-refractivity contribution in [2.45, 2.75) is 29.1 Å². The Bertz CT molecular complexity index is 1100. The molecule has 11 heteroatoms. The van der Waals surface area contributed by atoms with Crippen LogP contribution in [0.5, 0.6) is 0 Å². The summed E-state index contributed by atoms with van der Waals surface area (Å²) in [6.45, 7) is 3.06. The van der Waals surface area contributed by atoms with Crippen LogP contribution in [0.4, 0.5) is 0 Å². The van der Waals surface area contributed by atoms with Crippen molar-refractivity contribution < 1.29 is 27.5 Å². The van der Waals surface area contributed by atoms with Gasteiger partial charge in [0.15, 0.2) is 9.84 Å². The summed E-state index contributed by atoms with van der Waals surface area (Å²) in [4.78, 5) is 19.7. The van der Waals surface area contributed by atoms with Crippen LogP contribution in [-0.2, 0) is 23.9 Å². The number of carboxylic acids is 1. The molecule has 0 saturated carbocycles. The highest BCUT2D eigenvalue weighted by Crippen LogP contribution is 2.21. The van der Waals surface area contributed by atoms with Crippen molar-refractivity contribution in [2.75, 3.05) is 32.5 Å². The van der Waals surface area contributed by atoms with Gasteiger partial charge >= 0.3 is 0 Å². The fraction of sp³-hybridized carbons (Fsp3) is 0.333. The van der Waals surface area contributed by atoms with Crippen molar-refractivity contribution in [3.05, 3.63) is 65.7 Å². The minimum atomic E-state index is -3.84. The molecule has 2 heterocycles. The van der Waals surface area contributed by atoms with E-state index in [-0.39, 0.29) is 4.90 Å². The van der Waals surface area contributed by atoms with Crippen LogP contribution in [0.1, 0.15) is 30.4 Å². The highest BCUT2D eigenvalue weighted by Gasteiger charge is 2.14. The van der Waals surface area contributed by atoms with Crippen LogP contribution < -0.4 is 15.7 Å². The van der Waals surface area contributed by atoms with Gasteiger partial charge in [0, 0.05) is 35.8 Å². The Hall–Kier alpha value is -2.86. The molecule has 0 aliphatic carbocycles. The highest BCUT2D eigenvalue weighted by atomic mass is 32.2. The molecule has 2 aromatic rings. The monoisotopic (exact) mass is 518 g/mol. The van der Waals surface area contributed by atoms with Gasteiger partial charge in [0.05, 0.1) is 35.8 Å². The van der Waals surface area contributed by atoms with Gasteiger partial charge in [-0.1, -0.05) is 30.3 Å². The van der Waals surface area contributed by atoms with Crippen LogP contribution in [0.15, 0.2) is 69.4 Å². The minimum absolute atomic E-state index is 0.0801. The zero-order valence-corrected chi connectivity index (χ0v) is 21.0. The molecule has 2 aliphatic heterocycles. The third kappa shape index (κ3) is 8.39. The van der Waals surface area contributed by atoms with Crippen molar-refractivity contribution >= 4 is 39.4 Å². The summed E-state index contributed by atoms with van der Waals surface area (Å²) < 4.78 is 27.5. The van der Waals surface area contributed by atoms with E-state index in [9.17, 15) is 18.3 Å². The molecule has 0 spiro atoms. The Balaban J connectivity index is 0.000000196. The van der Waals surface area contributed by atoms with Crippen LogP contribution in [0, 0.1) is 0 Å². The molecule has 0 bridgehead atoms. The van der Waals surface area contributed by atoms with Crippen LogP contribution in [0.25, 0.3) is 5.70 Å². The first-order valence-electron chi connectivity index (χ1n) is 11.1. The van der Waals surface area contributed by atoms with Crippen molar-refractivity contribution in [3.63, 3.8) is 0 Å². The number of benzene rings is 2. The van der Waals surface area contributed by atoms with Crippen LogP contribution in [0.3, 0.4) is 0 Å². The summed E-state index contributed by atoms with van der Waals surface area (Å²) in [5.41, 5.74) is 3.73. The number of rotatable bonds is 8. The maximum Gasteiger partial charge on any atom is 0.183 e. The number of hydrogen-bond acceptors (Lipinski definition) is 10. The van der Waals surface area contributed by atoms with E-state index in [4.69, 9.17) is 0 Å². The van der Waals surface area contributed by atoms with Gasteiger partial charge in [-0.3, -0.25) is 4.99 Å². The van der Waals surface area contributed by atoms with Crippen LogP contribution in [-0.4, -0.2) is 52.7 Å². The molecule has 0 unspecified atom stereocenters. The van der Waals surface area contributed by atoms with Gasteiger partial charge in [0.2, 0.25) is 0 Å². The van der Waals surface area contributed by atoms with Gasteiger partial charge in [-0.2, -0.15) is 4.33 Å². The number of sulfone groups is 1. The fourth-order valence-corrected chi connectivity index (χ4v) is 4.83. The van der Waals surface area contributed by atoms with Gasteiger partial charge in [-0.15, -0.1) is 0 Å². The van der Waals surface area contributed by atoms with E-state index in [1.807, 2.05) is 0 Å². The number of carbonyl (C=O) groups is 1. The van der Waals surface area contributed by atoms with Crippen LogP contribution >= 0.6 is 12.0 Å². The molecule has 0 atom stereocenters. The molecule has 2 N–H and O–H groups in total. The van der Waals surface area contributed by atoms with Gasteiger partial charge in [0.1, 0.15) is 5.84 Å².